The van der Waals surface area contributed by atoms with Crippen molar-refractivity contribution in [3.05, 3.63) is 35.4 Å². The summed E-state index contributed by atoms with van der Waals surface area (Å²) in [4.78, 5) is 2.21. The Bertz CT molecular complexity index is 336. The smallest absolute Gasteiger partial charge is 0.264 e. The van der Waals surface area contributed by atoms with Crippen LogP contribution in [0.2, 0.25) is 0 Å². The number of nitrogens with one attached hydrogen (secondary N) is 1. The van der Waals surface area contributed by atoms with E-state index in [0.717, 1.165) is 31.7 Å². The fraction of sp³-hybridized carbons (Fsp3) is 0.500. The molecular formula is C12H16F2N2. The third kappa shape index (κ3) is 2.77. The van der Waals surface area contributed by atoms with Gasteiger partial charge >= 0.3 is 0 Å². The van der Waals surface area contributed by atoms with Crippen molar-refractivity contribution in [3.63, 3.8) is 0 Å². The molecule has 0 atom stereocenters. The molecule has 88 valence electrons. The molecule has 1 heterocycles. The molecule has 1 aromatic carbocycles. The summed E-state index contributed by atoms with van der Waals surface area (Å²) in [7, 11) is 0. The van der Waals surface area contributed by atoms with Gasteiger partial charge in [-0.2, -0.15) is 0 Å². The summed E-state index contributed by atoms with van der Waals surface area (Å²) in [5.74, 6) is 0. The van der Waals surface area contributed by atoms with Gasteiger partial charge in [-0.15, -0.1) is 0 Å². The van der Waals surface area contributed by atoms with E-state index in [1.165, 1.54) is 6.07 Å². The predicted molar refractivity (Wildman–Crippen MR) is 59.5 cm³/mol. The number of rotatable bonds is 3. The largest absolute Gasteiger partial charge is 0.314 e. The zero-order valence-corrected chi connectivity index (χ0v) is 9.13. The maximum absolute atomic E-state index is 12.8. The van der Waals surface area contributed by atoms with Crippen LogP contribution in [0.25, 0.3) is 0 Å². The molecule has 1 aromatic rings. The van der Waals surface area contributed by atoms with E-state index in [-0.39, 0.29) is 5.56 Å². The van der Waals surface area contributed by atoms with Crippen LogP contribution in [0, 0.1) is 0 Å². The highest BCUT2D eigenvalue weighted by Crippen LogP contribution is 2.23. The molecule has 1 aliphatic rings. The van der Waals surface area contributed by atoms with E-state index in [1.54, 1.807) is 12.1 Å². The van der Waals surface area contributed by atoms with Gasteiger partial charge in [-0.3, -0.25) is 4.90 Å². The first-order chi connectivity index (χ1) is 7.77. The van der Waals surface area contributed by atoms with E-state index < -0.39 is 6.43 Å². The number of nitrogens with zero attached hydrogens (tertiary/aromatic N) is 1. The van der Waals surface area contributed by atoms with Gasteiger partial charge in [-0.1, -0.05) is 24.3 Å². The number of piperazine rings is 1. The van der Waals surface area contributed by atoms with Crippen molar-refractivity contribution in [1.82, 2.24) is 10.2 Å². The second-order valence-corrected chi connectivity index (χ2v) is 4.03. The second kappa shape index (κ2) is 5.37. The summed E-state index contributed by atoms with van der Waals surface area (Å²) < 4.78 is 25.5. The maximum Gasteiger partial charge on any atom is 0.264 e. The zero-order chi connectivity index (χ0) is 11.4. The Morgan fingerprint density at radius 3 is 2.56 bits per heavy atom. The van der Waals surface area contributed by atoms with Crippen LogP contribution < -0.4 is 5.32 Å². The minimum atomic E-state index is -2.38. The number of halogens is 2. The average Bonchev–Trinajstić information content (AvgIpc) is 2.31. The molecule has 2 rings (SSSR count). The molecule has 0 aromatic heterocycles. The van der Waals surface area contributed by atoms with Crippen LogP contribution in [-0.2, 0) is 6.54 Å². The Hall–Kier alpha value is -1.00. The lowest BCUT2D eigenvalue weighted by molar-refractivity contribution is 0.147. The molecule has 2 nitrogen and oxygen atoms in total. The average molecular weight is 226 g/mol. The lowest BCUT2D eigenvalue weighted by Crippen LogP contribution is -2.43. The quantitative estimate of drug-likeness (QED) is 0.848. The van der Waals surface area contributed by atoms with Gasteiger partial charge in [0, 0.05) is 38.3 Å². The molecule has 0 bridgehead atoms. The van der Waals surface area contributed by atoms with Crippen molar-refractivity contribution < 1.29 is 8.78 Å². The topological polar surface area (TPSA) is 15.3 Å². The molecule has 0 radical (unpaired) electrons. The van der Waals surface area contributed by atoms with Crippen LogP contribution in [0.15, 0.2) is 24.3 Å². The summed E-state index contributed by atoms with van der Waals surface area (Å²) in [6.07, 6.45) is -2.38. The second-order valence-electron chi connectivity index (χ2n) is 4.03. The van der Waals surface area contributed by atoms with Crippen LogP contribution >= 0.6 is 0 Å². The summed E-state index contributed by atoms with van der Waals surface area (Å²) >= 11 is 0. The summed E-state index contributed by atoms with van der Waals surface area (Å²) in [6.45, 7) is 4.37. The van der Waals surface area contributed by atoms with Crippen molar-refractivity contribution >= 4 is 0 Å². The van der Waals surface area contributed by atoms with Gasteiger partial charge < -0.3 is 5.32 Å². The summed E-state index contributed by atoms with van der Waals surface area (Å²) in [5, 5.41) is 3.25. The van der Waals surface area contributed by atoms with E-state index >= 15 is 0 Å². The SMILES string of the molecule is FC(F)c1ccccc1CN1CCNCC1. The Balaban J connectivity index is 2.07. The van der Waals surface area contributed by atoms with E-state index in [9.17, 15) is 8.78 Å². The number of hydrogen-bond donors (Lipinski definition) is 1. The summed E-state index contributed by atoms with van der Waals surface area (Å²) in [5.41, 5.74) is 0.917. The number of benzene rings is 1. The van der Waals surface area contributed by atoms with Crippen molar-refractivity contribution in [2.24, 2.45) is 0 Å². The van der Waals surface area contributed by atoms with Gasteiger partial charge in [0.05, 0.1) is 0 Å². The van der Waals surface area contributed by atoms with Gasteiger partial charge in [0.15, 0.2) is 0 Å². The molecule has 1 saturated heterocycles. The van der Waals surface area contributed by atoms with Crippen molar-refractivity contribution in [2.45, 2.75) is 13.0 Å². The Morgan fingerprint density at radius 2 is 1.88 bits per heavy atom. The molecule has 0 spiro atoms. The van der Waals surface area contributed by atoms with Crippen molar-refractivity contribution in [3.8, 4) is 0 Å². The van der Waals surface area contributed by atoms with Gasteiger partial charge in [0.1, 0.15) is 0 Å². The van der Waals surface area contributed by atoms with Gasteiger partial charge in [-0.25, -0.2) is 8.78 Å². The van der Waals surface area contributed by atoms with Gasteiger partial charge in [-0.05, 0) is 5.56 Å². The lowest BCUT2D eigenvalue weighted by Gasteiger charge is -2.27. The predicted octanol–water partition coefficient (Wildman–Crippen LogP) is 2.03. The van der Waals surface area contributed by atoms with Crippen LogP contribution in [0.5, 0.6) is 0 Å². The van der Waals surface area contributed by atoms with E-state index in [2.05, 4.69) is 10.2 Å². The first-order valence-electron chi connectivity index (χ1n) is 5.56. The molecule has 1 fully saturated rings. The molecular weight excluding hydrogens is 210 g/mol. The van der Waals surface area contributed by atoms with Crippen LogP contribution in [0.1, 0.15) is 17.6 Å². The Kier molecular flexibility index (Phi) is 3.85. The van der Waals surface area contributed by atoms with Crippen molar-refractivity contribution in [1.29, 1.82) is 0 Å². The fourth-order valence-electron chi connectivity index (χ4n) is 2.00. The number of alkyl halides is 2. The lowest BCUT2D eigenvalue weighted by atomic mass is 10.1. The first-order valence-corrected chi connectivity index (χ1v) is 5.56. The molecule has 0 amide bonds. The minimum absolute atomic E-state index is 0.168. The van der Waals surface area contributed by atoms with Crippen LogP contribution in [-0.4, -0.2) is 31.1 Å². The van der Waals surface area contributed by atoms with E-state index in [1.807, 2.05) is 6.07 Å². The standard InChI is InChI=1S/C12H16F2N2/c13-12(14)11-4-2-1-3-10(11)9-16-7-5-15-6-8-16/h1-4,12,15H,5-9H2. The molecule has 0 saturated carbocycles. The Labute approximate surface area is 94.3 Å². The summed E-state index contributed by atoms with van der Waals surface area (Å²) in [6, 6.07) is 6.80. The third-order valence-corrected chi connectivity index (χ3v) is 2.89. The number of hydrogen-bond acceptors (Lipinski definition) is 2. The van der Waals surface area contributed by atoms with Gasteiger partial charge in [0.25, 0.3) is 6.43 Å². The molecule has 1 aliphatic heterocycles. The molecule has 0 aliphatic carbocycles. The highest BCUT2D eigenvalue weighted by Gasteiger charge is 2.15. The minimum Gasteiger partial charge on any atom is -0.314 e. The highest BCUT2D eigenvalue weighted by molar-refractivity contribution is 5.28. The van der Waals surface area contributed by atoms with E-state index in [4.69, 9.17) is 0 Å². The first kappa shape index (κ1) is 11.5. The highest BCUT2D eigenvalue weighted by atomic mass is 19.3. The van der Waals surface area contributed by atoms with Crippen molar-refractivity contribution in [2.75, 3.05) is 26.2 Å². The molecule has 4 heteroatoms. The monoisotopic (exact) mass is 226 g/mol. The molecule has 0 unspecified atom stereocenters. The zero-order valence-electron chi connectivity index (χ0n) is 9.13. The normalized spacial score (nSPS) is 17.9. The Morgan fingerprint density at radius 1 is 1.19 bits per heavy atom. The maximum atomic E-state index is 12.8. The molecule has 16 heavy (non-hydrogen) atoms. The van der Waals surface area contributed by atoms with Crippen LogP contribution in [0.4, 0.5) is 8.78 Å². The van der Waals surface area contributed by atoms with Gasteiger partial charge in [0.2, 0.25) is 0 Å². The van der Waals surface area contributed by atoms with Crippen LogP contribution in [0.3, 0.4) is 0 Å². The van der Waals surface area contributed by atoms with E-state index in [0.29, 0.717) is 6.54 Å². The fourth-order valence-corrected chi connectivity index (χ4v) is 2.00. The molecule has 1 N–H and O–H groups in total. The third-order valence-electron chi connectivity index (χ3n) is 2.89.